The number of ketones is 2. The average molecular weight is 577 g/mol. The molecule has 9 nitrogen and oxygen atoms in total. The maximum Gasteiger partial charge on any atom is 0.215 e. The van der Waals surface area contributed by atoms with E-state index in [0.717, 1.165) is 5.56 Å². The summed E-state index contributed by atoms with van der Waals surface area (Å²) in [5.41, 5.74) is 4.65. The first kappa shape index (κ1) is 29.3. The number of benzene rings is 3. The van der Waals surface area contributed by atoms with Gasteiger partial charge in [0.2, 0.25) is 5.79 Å². The van der Waals surface area contributed by atoms with Gasteiger partial charge in [-0.15, -0.1) is 0 Å². The number of hydrogen-bond donors (Lipinski definition) is 5. The zero-order chi connectivity index (χ0) is 30.8. The van der Waals surface area contributed by atoms with Crippen LogP contribution in [0.3, 0.4) is 0 Å². The lowest BCUT2D eigenvalue weighted by Crippen LogP contribution is -2.49. The van der Waals surface area contributed by atoms with E-state index in [2.05, 4.69) is 0 Å². The molecule has 2 aliphatic rings. The van der Waals surface area contributed by atoms with E-state index in [1.807, 2.05) is 0 Å². The molecule has 0 fully saturated rings. The summed E-state index contributed by atoms with van der Waals surface area (Å²) in [5.74, 6) is -2.23. The molecule has 0 aromatic heterocycles. The van der Waals surface area contributed by atoms with Gasteiger partial charge in [-0.25, -0.2) is 0 Å². The molecule has 0 amide bonds. The fraction of sp³-hybridized carbons (Fsp3) is 0.394. The van der Waals surface area contributed by atoms with E-state index in [1.165, 1.54) is 19.9 Å². The van der Waals surface area contributed by atoms with Crippen molar-refractivity contribution in [1.82, 2.24) is 0 Å². The molecule has 222 valence electrons. The molecule has 2 aliphatic heterocycles. The molecule has 0 bridgehead atoms. The first-order valence-electron chi connectivity index (χ1n) is 13.9. The van der Waals surface area contributed by atoms with Gasteiger partial charge in [-0.2, -0.15) is 0 Å². The zero-order valence-electron chi connectivity index (χ0n) is 24.6. The standard InChI is InChI=1S/C33H36O9/c1-14(34)7-19-9-26(36)16(3)29(38)21(19)11-23-28-24(31(40)18(5)30(23)39)13-41-33(6)25(28)12-22-20(8-15(2)35)10-27(37)17(4)32(22)42-33/h9-10,25,36-40H,7-8,11-13H2,1-6H3/t25-,33-/m1/s1. The fourth-order valence-corrected chi connectivity index (χ4v) is 6.42. The number of fused-ring (bicyclic) bond motifs is 4. The summed E-state index contributed by atoms with van der Waals surface area (Å²) >= 11 is 0. The van der Waals surface area contributed by atoms with Crippen LogP contribution in [0, 0.1) is 20.8 Å². The van der Waals surface area contributed by atoms with Gasteiger partial charge in [0, 0.05) is 59.6 Å². The van der Waals surface area contributed by atoms with E-state index in [1.54, 1.807) is 33.8 Å². The number of ether oxygens (including phenoxy) is 2. The molecule has 3 aromatic rings. The Hall–Kier alpha value is -4.24. The molecule has 0 unspecified atom stereocenters. The van der Waals surface area contributed by atoms with Gasteiger partial charge in [-0.1, -0.05) is 0 Å². The molecule has 9 heteroatoms. The molecule has 0 aliphatic carbocycles. The minimum atomic E-state index is -1.26. The van der Waals surface area contributed by atoms with Crippen molar-refractivity contribution < 1.29 is 44.6 Å². The van der Waals surface area contributed by atoms with E-state index in [4.69, 9.17) is 9.47 Å². The first-order chi connectivity index (χ1) is 19.6. The highest BCUT2D eigenvalue weighted by Gasteiger charge is 2.50. The van der Waals surface area contributed by atoms with Crippen molar-refractivity contribution >= 4 is 11.6 Å². The number of phenols is 5. The van der Waals surface area contributed by atoms with Crippen LogP contribution in [-0.4, -0.2) is 42.9 Å². The Kier molecular flexibility index (Phi) is 7.13. The Morgan fingerprint density at radius 3 is 2.02 bits per heavy atom. The fourth-order valence-electron chi connectivity index (χ4n) is 6.42. The molecule has 42 heavy (non-hydrogen) atoms. The number of Topliss-reactive ketones (excluding diaryl/α,β-unsaturated/α-hetero) is 2. The molecule has 3 aromatic carbocycles. The highest BCUT2D eigenvalue weighted by molar-refractivity contribution is 5.80. The minimum absolute atomic E-state index is 0.000794. The molecule has 5 N–H and O–H groups in total. The van der Waals surface area contributed by atoms with Crippen LogP contribution in [0.5, 0.6) is 34.5 Å². The smallest absolute Gasteiger partial charge is 0.215 e. The van der Waals surface area contributed by atoms with Crippen LogP contribution in [0.1, 0.15) is 82.3 Å². The molecule has 0 radical (unpaired) electrons. The Balaban J connectivity index is 1.75. The topological polar surface area (TPSA) is 154 Å². The maximum atomic E-state index is 12.1. The van der Waals surface area contributed by atoms with Crippen molar-refractivity contribution in [3.8, 4) is 34.5 Å². The molecule has 2 atom stereocenters. The molecular weight excluding hydrogens is 540 g/mol. The average Bonchev–Trinajstić information content (AvgIpc) is 2.91. The van der Waals surface area contributed by atoms with Crippen LogP contribution in [-0.2, 0) is 46.6 Å². The number of phenolic OH excluding ortho intramolecular Hbond substituents is 5. The van der Waals surface area contributed by atoms with Gasteiger partial charge in [0.1, 0.15) is 46.1 Å². The van der Waals surface area contributed by atoms with Gasteiger partial charge in [0.15, 0.2) is 0 Å². The molecule has 0 saturated carbocycles. The van der Waals surface area contributed by atoms with E-state index in [-0.39, 0.29) is 77.3 Å². The predicted molar refractivity (Wildman–Crippen MR) is 154 cm³/mol. The second kappa shape index (κ2) is 10.2. The molecule has 2 heterocycles. The zero-order valence-corrected chi connectivity index (χ0v) is 24.6. The summed E-state index contributed by atoms with van der Waals surface area (Å²) < 4.78 is 12.7. The van der Waals surface area contributed by atoms with Crippen LogP contribution in [0.15, 0.2) is 12.1 Å². The van der Waals surface area contributed by atoms with Gasteiger partial charge < -0.3 is 35.0 Å². The van der Waals surface area contributed by atoms with Crippen molar-refractivity contribution in [2.75, 3.05) is 0 Å². The molecule has 0 spiro atoms. The van der Waals surface area contributed by atoms with Gasteiger partial charge >= 0.3 is 0 Å². The predicted octanol–water partition coefficient (Wildman–Crippen LogP) is 4.96. The van der Waals surface area contributed by atoms with E-state index in [9.17, 15) is 35.1 Å². The van der Waals surface area contributed by atoms with Crippen molar-refractivity contribution in [1.29, 1.82) is 0 Å². The lowest BCUT2D eigenvalue weighted by atomic mass is 9.73. The van der Waals surface area contributed by atoms with E-state index < -0.39 is 11.7 Å². The third kappa shape index (κ3) is 4.61. The Morgan fingerprint density at radius 2 is 1.38 bits per heavy atom. The van der Waals surface area contributed by atoms with Crippen molar-refractivity contribution in [3.05, 3.63) is 67.8 Å². The van der Waals surface area contributed by atoms with Crippen molar-refractivity contribution in [3.63, 3.8) is 0 Å². The summed E-state index contributed by atoms with van der Waals surface area (Å²) in [5, 5.41) is 54.8. The van der Waals surface area contributed by atoms with Gasteiger partial charge in [-0.3, -0.25) is 9.59 Å². The van der Waals surface area contributed by atoms with Crippen LogP contribution in [0.4, 0.5) is 0 Å². The lowest BCUT2D eigenvalue weighted by Gasteiger charge is -2.47. The number of carbonyl (C=O) groups is 2. The number of rotatable bonds is 6. The highest BCUT2D eigenvalue weighted by atomic mass is 16.7. The van der Waals surface area contributed by atoms with Crippen molar-refractivity contribution in [2.24, 2.45) is 0 Å². The van der Waals surface area contributed by atoms with Gasteiger partial charge in [0.05, 0.1) is 12.5 Å². The van der Waals surface area contributed by atoms with Crippen LogP contribution in [0.25, 0.3) is 0 Å². The SMILES string of the molecule is CC(=O)Cc1cc(O)c(C)c(O)c1Cc1c(O)c(C)c(O)c2c1[C@H]1Cc3c(CC(C)=O)cc(O)c(C)c3O[C@@]1(C)OC2. The summed E-state index contributed by atoms with van der Waals surface area (Å²) in [7, 11) is 0. The van der Waals surface area contributed by atoms with Gasteiger partial charge in [-0.05, 0) is 75.4 Å². The van der Waals surface area contributed by atoms with Crippen LogP contribution in [0.2, 0.25) is 0 Å². The largest absolute Gasteiger partial charge is 0.508 e. The van der Waals surface area contributed by atoms with Crippen LogP contribution < -0.4 is 4.74 Å². The second-order valence-electron chi connectivity index (χ2n) is 11.8. The molecule has 0 saturated heterocycles. The van der Waals surface area contributed by atoms with E-state index in [0.29, 0.717) is 51.1 Å². The first-order valence-corrected chi connectivity index (χ1v) is 13.9. The minimum Gasteiger partial charge on any atom is -0.508 e. The Bertz CT molecular complexity index is 1670. The second-order valence-corrected chi connectivity index (χ2v) is 11.8. The molecule has 5 rings (SSSR count). The summed E-state index contributed by atoms with van der Waals surface area (Å²) in [6.45, 7) is 9.50. The summed E-state index contributed by atoms with van der Waals surface area (Å²) in [6.07, 6.45) is 0.370. The van der Waals surface area contributed by atoms with Crippen molar-refractivity contribution in [2.45, 2.75) is 85.5 Å². The Morgan fingerprint density at radius 1 is 0.810 bits per heavy atom. The van der Waals surface area contributed by atoms with Crippen LogP contribution >= 0.6 is 0 Å². The third-order valence-electron chi connectivity index (χ3n) is 8.78. The maximum absolute atomic E-state index is 12.1. The quantitative estimate of drug-likeness (QED) is 0.274. The summed E-state index contributed by atoms with van der Waals surface area (Å²) in [4.78, 5) is 24.2. The normalized spacial score (nSPS) is 19.0. The summed E-state index contributed by atoms with van der Waals surface area (Å²) in [6, 6.07) is 3.03. The molecular formula is C33H36O9. The van der Waals surface area contributed by atoms with Gasteiger partial charge in [0.25, 0.3) is 0 Å². The Labute approximate surface area is 244 Å². The number of hydrogen-bond acceptors (Lipinski definition) is 9. The number of aromatic hydroxyl groups is 5. The monoisotopic (exact) mass is 576 g/mol. The highest BCUT2D eigenvalue weighted by Crippen LogP contribution is 2.55. The van der Waals surface area contributed by atoms with E-state index >= 15 is 0 Å². The third-order valence-corrected chi connectivity index (χ3v) is 8.78. The lowest BCUT2D eigenvalue weighted by molar-refractivity contribution is -0.209. The number of carbonyl (C=O) groups excluding carboxylic acids is 2.